The quantitative estimate of drug-likeness (QED) is 0.207. The number of unbranched alkanes of at least 4 members (excludes halogenated alkanes) is 3. The van der Waals surface area contributed by atoms with Gasteiger partial charge in [0.15, 0.2) is 0 Å². The molecule has 0 saturated carbocycles. The summed E-state index contributed by atoms with van der Waals surface area (Å²) in [6.45, 7) is 3.67. The van der Waals surface area contributed by atoms with Gasteiger partial charge in [0, 0.05) is 43.9 Å². The SMILES string of the molecule is CCCCCCOC(=O)CCC(=O)CN.Cn1c(/C=C/CO)c(CO)c2c1C(=O)C=C(N1CC1)C2=O. The summed E-state index contributed by atoms with van der Waals surface area (Å²) in [6, 6.07) is 0. The molecule has 2 heterocycles. The number of carbonyl (C=O) groups is 4. The van der Waals surface area contributed by atoms with Crippen LogP contribution < -0.4 is 5.73 Å². The van der Waals surface area contributed by atoms with Crippen molar-refractivity contribution in [3.63, 3.8) is 0 Å². The summed E-state index contributed by atoms with van der Waals surface area (Å²) in [5.41, 5.74) is 7.10. The standard InChI is InChI=1S/C15H16N2O4.C11H21NO3/c1-16-10(3-2-6-18)9(8-19)13-14(16)12(20)7-11(15(13)21)17-4-5-17;1-2-3-4-5-8-15-11(14)7-6-10(13)9-12/h2-3,7,18-19H,4-6,8H2,1H3;2-9,12H2,1H3/b3-2+;. The van der Waals surface area contributed by atoms with Crippen LogP contribution >= 0.6 is 0 Å². The van der Waals surface area contributed by atoms with Gasteiger partial charge in [-0.25, -0.2) is 0 Å². The molecule has 0 amide bonds. The lowest BCUT2D eigenvalue weighted by atomic mass is 9.95. The average Bonchev–Trinajstić information content (AvgIpc) is 3.67. The molecule has 1 aromatic rings. The van der Waals surface area contributed by atoms with Crippen LogP contribution in [0.4, 0.5) is 0 Å². The van der Waals surface area contributed by atoms with Crippen molar-refractivity contribution >= 4 is 29.4 Å². The lowest BCUT2D eigenvalue weighted by molar-refractivity contribution is -0.144. The highest BCUT2D eigenvalue weighted by atomic mass is 16.5. The number of nitrogens with zero attached hydrogens (tertiary/aromatic N) is 2. The zero-order valence-corrected chi connectivity index (χ0v) is 21.1. The second-order valence-electron chi connectivity index (χ2n) is 8.62. The molecule has 0 unspecified atom stereocenters. The molecule has 10 heteroatoms. The van der Waals surface area contributed by atoms with Gasteiger partial charge < -0.3 is 30.2 Å². The van der Waals surface area contributed by atoms with Crippen molar-refractivity contribution in [2.24, 2.45) is 12.8 Å². The monoisotopic (exact) mass is 503 g/mol. The van der Waals surface area contributed by atoms with E-state index in [0.717, 1.165) is 25.9 Å². The Balaban J connectivity index is 0.000000271. The molecule has 0 radical (unpaired) electrons. The van der Waals surface area contributed by atoms with Gasteiger partial charge in [-0.2, -0.15) is 0 Å². The highest BCUT2D eigenvalue weighted by Gasteiger charge is 2.37. The summed E-state index contributed by atoms with van der Waals surface area (Å²) >= 11 is 0. The van der Waals surface area contributed by atoms with Crippen LogP contribution in [0.3, 0.4) is 0 Å². The molecule has 1 saturated heterocycles. The Morgan fingerprint density at radius 3 is 2.44 bits per heavy atom. The lowest BCUT2D eigenvalue weighted by Crippen LogP contribution is -2.22. The Hall–Kier alpha value is -3.08. The number of nitrogens with two attached hydrogens (primary N) is 1. The Kier molecular flexibility index (Phi) is 11.7. The van der Waals surface area contributed by atoms with Gasteiger partial charge in [0.1, 0.15) is 11.5 Å². The van der Waals surface area contributed by atoms with Crippen LogP contribution in [0.2, 0.25) is 0 Å². The van der Waals surface area contributed by atoms with Gasteiger partial charge in [0.2, 0.25) is 11.6 Å². The van der Waals surface area contributed by atoms with Crippen molar-refractivity contribution < 1.29 is 34.1 Å². The van der Waals surface area contributed by atoms with Crippen molar-refractivity contribution in [1.29, 1.82) is 0 Å². The predicted molar refractivity (Wildman–Crippen MR) is 134 cm³/mol. The minimum atomic E-state index is -0.333. The average molecular weight is 504 g/mol. The van der Waals surface area contributed by atoms with Crippen LogP contribution in [-0.4, -0.2) is 75.8 Å². The number of carbonyl (C=O) groups excluding carboxylic acids is 4. The number of esters is 1. The minimum Gasteiger partial charge on any atom is -0.466 e. The van der Waals surface area contributed by atoms with Crippen LogP contribution in [0.15, 0.2) is 17.8 Å². The predicted octanol–water partition coefficient (Wildman–Crippen LogP) is 1.52. The Morgan fingerprint density at radius 1 is 1.14 bits per heavy atom. The van der Waals surface area contributed by atoms with Crippen molar-refractivity contribution in [3.8, 4) is 0 Å². The second kappa shape index (κ2) is 14.5. The fourth-order valence-corrected chi connectivity index (χ4v) is 3.87. The molecule has 1 aliphatic heterocycles. The van der Waals surface area contributed by atoms with E-state index >= 15 is 0 Å². The van der Waals surface area contributed by atoms with E-state index in [0.29, 0.717) is 29.3 Å². The van der Waals surface area contributed by atoms with Crippen LogP contribution in [0.25, 0.3) is 6.08 Å². The maximum atomic E-state index is 12.6. The Labute approximate surface area is 211 Å². The first kappa shape index (κ1) is 29.2. The summed E-state index contributed by atoms with van der Waals surface area (Å²) in [6.07, 6.45) is 9.18. The van der Waals surface area contributed by atoms with Gasteiger partial charge in [-0.05, 0) is 12.5 Å². The molecule has 1 aromatic heterocycles. The number of Topliss-reactive ketones (excluding diaryl/α,β-unsaturated/α-hetero) is 2. The van der Waals surface area contributed by atoms with Gasteiger partial charge >= 0.3 is 5.97 Å². The van der Waals surface area contributed by atoms with Crippen LogP contribution in [0.5, 0.6) is 0 Å². The van der Waals surface area contributed by atoms with Crippen LogP contribution in [-0.2, 0) is 28.0 Å². The smallest absolute Gasteiger partial charge is 0.306 e. The highest BCUT2D eigenvalue weighted by molar-refractivity contribution is 6.25. The van der Waals surface area contributed by atoms with E-state index in [9.17, 15) is 24.3 Å². The fourth-order valence-electron chi connectivity index (χ4n) is 3.87. The molecule has 1 fully saturated rings. The maximum absolute atomic E-state index is 12.6. The number of hydrogen-bond acceptors (Lipinski definition) is 9. The molecular weight excluding hydrogens is 466 g/mol. The number of rotatable bonds is 13. The van der Waals surface area contributed by atoms with Crippen molar-refractivity contribution in [1.82, 2.24) is 9.47 Å². The molecule has 4 N–H and O–H groups in total. The number of aliphatic hydroxyl groups excluding tert-OH is 2. The zero-order valence-electron chi connectivity index (χ0n) is 21.1. The summed E-state index contributed by atoms with van der Waals surface area (Å²) in [4.78, 5) is 48.6. The van der Waals surface area contributed by atoms with E-state index in [4.69, 9.17) is 15.6 Å². The Bertz CT molecular complexity index is 1020. The minimum absolute atomic E-state index is 0.00375. The van der Waals surface area contributed by atoms with Crippen LogP contribution in [0, 0.1) is 0 Å². The van der Waals surface area contributed by atoms with Crippen LogP contribution in [0.1, 0.15) is 77.6 Å². The molecule has 2 aliphatic rings. The molecule has 0 spiro atoms. The fraction of sp³-hybridized carbons (Fsp3) is 0.538. The van der Waals surface area contributed by atoms with Gasteiger partial charge in [-0.1, -0.05) is 32.3 Å². The first-order valence-electron chi connectivity index (χ1n) is 12.3. The van der Waals surface area contributed by atoms with Gasteiger partial charge in [0.05, 0.1) is 44.0 Å². The van der Waals surface area contributed by atoms with Crippen molar-refractivity contribution in [2.45, 2.75) is 52.1 Å². The molecule has 10 nitrogen and oxygen atoms in total. The van der Waals surface area contributed by atoms with Crippen molar-refractivity contribution in [2.75, 3.05) is 32.8 Å². The third kappa shape index (κ3) is 7.71. The number of fused-ring (bicyclic) bond motifs is 1. The summed E-state index contributed by atoms with van der Waals surface area (Å²) in [7, 11) is 1.68. The summed E-state index contributed by atoms with van der Waals surface area (Å²) in [5, 5.41) is 18.5. The number of ether oxygens (including phenoxy) is 1. The number of aromatic nitrogens is 1. The van der Waals surface area contributed by atoms with E-state index in [1.54, 1.807) is 17.7 Å². The summed E-state index contributed by atoms with van der Waals surface area (Å²) < 4.78 is 6.55. The Morgan fingerprint density at radius 2 is 1.86 bits per heavy atom. The van der Waals surface area contributed by atoms with Gasteiger partial charge in [-0.3, -0.25) is 19.2 Å². The van der Waals surface area contributed by atoms with E-state index < -0.39 is 0 Å². The first-order chi connectivity index (χ1) is 17.3. The third-order valence-corrected chi connectivity index (χ3v) is 5.93. The number of allylic oxidation sites excluding steroid dienone is 2. The number of aliphatic hydroxyl groups is 2. The molecule has 36 heavy (non-hydrogen) atoms. The topological polar surface area (TPSA) is 152 Å². The van der Waals surface area contributed by atoms with E-state index in [2.05, 4.69) is 6.92 Å². The van der Waals surface area contributed by atoms with Gasteiger partial charge in [0.25, 0.3) is 0 Å². The molecule has 198 valence electrons. The molecule has 1 aliphatic carbocycles. The summed E-state index contributed by atoms with van der Waals surface area (Å²) in [5.74, 6) is -0.844. The molecule has 0 aromatic carbocycles. The zero-order chi connectivity index (χ0) is 26.7. The normalized spacial score (nSPS) is 14.4. The number of hydrogen-bond donors (Lipinski definition) is 3. The third-order valence-electron chi connectivity index (χ3n) is 5.93. The largest absolute Gasteiger partial charge is 0.466 e. The van der Waals surface area contributed by atoms with E-state index in [-0.39, 0.29) is 61.5 Å². The van der Waals surface area contributed by atoms with E-state index in [1.165, 1.54) is 25.0 Å². The highest BCUT2D eigenvalue weighted by Crippen LogP contribution is 2.33. The van der Waals surface area contributed by atoms with E-state index in [1.807, 2.05) is 4.90 Å². The molecule has 0 atom stereocenters. The second-order valence-corrected chi connectivity index (χ2v) is 8.62. The lowest BCUT2D eigenvalue weighted by Gasteiger charge is -2.14. The molecule has 0 bridgehead atoms. The van der Waals surface area contributed by atoms with Gasteiger partial charge in [-0.15, -0.1) is 0 Å². The maximum Gasteiger partial charge on any atom is 0.306 e. The first-order valence-corrected chi connectivity index (χ1v) is 12.3. The number of ketones is 3. The van der Waals surface area contributed by atoms with Crippen molar-refractivity contribution in [3.05, 3.63) is 40.4 Å². The molecular formula is C26H37N3O7. The molecule has 3 rings (SSSR count).